The number of carbonyl (C=O) groups excluding carboxylic acids is 1. The number of amides is 1. The molecule has 2 aromatic carbocycles. The Morgan fingerprint density at radius 3 is 2.85 bits per heavy atom. The normalized spacial score (nSPS) is 21.4. The SMILES string of the molecule is NC1=NC2(c3cc(NC(=O)c4ccc(OCc5ccccc5)cn4)ccc3F)CCCC2CS1. The lowest BCUT2D eigenvalue weighted by Crippen LogP contribution is -2.37. The highest BCUT2D eigenvalue weighted by Gasteiger charge is 2.48. The first-order valence-electron chi connectivity index (χ1n) is 11.3. The van der Waals surface area contributed by atoms with Crippen LogP contribution in [-0.2, 0) is 12.1 Å². The number of ether oxygens (including phenoxy) is 1. The predicted molar refractivity (Wildman–Crippen MR) is 132 cm³/mol. The molecule has 2 aliphatic rings. The van der Waals surface area contributed by atoms with Crippen molar-refractivity contribution in [2.45, 2.75) is 31.4 Å². The monoisotopic (exact) mass is 476 g/mol. The number of rotatable bonds is 6. The van der Waals surface area contributed by atoms with E-state index in [4.69, 9.17) is 15.5 Å². The Balaban J connectivity index is 1.30. The minimum absolute atomic E-state index is 0.232. The zero-order chi connectivity index (χ0) is 23.5. The smallest absolute Gasteiger partial charge is 0.274 e. The fraction of sp³-hybridized carbons (Fsp3) is 0.269. The van der Waals surface area contributed by atoms with Gasteiger partial charge in [-0.05, 0) is 54.7 Å². The van der Waals surface area contributed by atoms with Crippen LogP contribution in [0.3, 0.4) is 0 Å². The molecule has 0 bridgehead atoms. The van der Waals surface area contributed by atoms with Gasteiger partial charge < -0.3 is 15.8 Å². The number of halogens is 1. The van der Waals surface area contributed by atoms with E-state index in [9.17, 15) is 9.18 Å². The molecule has 3 N–H and O–H groups in total. The van der Waals surface area contributed by atoms with E-state index in [0.29, 0.717) is 28.8 Å². The van der Waals surface area contributed by atoms with Crippen LogP contribution in [-0.4, -0.2) is 21.8 Å². The molecule has 1 fully saturated rings. The van der Waals surface area contributed by atoms with Gasteiger partial charge in [0.05, 0.1) is 11.7 Å². The molecule has 1 amide bonds. The summed E-state index contributed by atoms with van der Waals surface area (Å²) in [5.41, 5.74) is 7.65. The van der Waals surface area contributed by atoms with Crippen LogP contribution in [0.2, 0.25) is 0 Å². The van der Waals surface area contributed by atoms with Gasteiger partial charge in [-0.25, -0.2) is 9.37 Å². The molecule has 8 heteroatoms. The number of nitrogens with zero attached hydrogens (tertiary/aromatic N) is 2. The first-order valence-corrected chi connectivity index (χ1v) is 12.2. The zero-order valence-corrected chi connectivity index (χ0v) is 19.4. The van der Waals surface area contributed by atoms with Crippen molar-refractivity contribution in [2.24, 2.45) is 16.6 Å². The van der Waals surface area contributed by atoms with Crippen molar-refractivity contribution >= 4 is 28.5 Å². The van der Waals surface area contributed by atoms with Crippen molar-refractivity contribution in [2.75, 3.05) is 11.1 Å². The number of pyridine rings is 1. The highest BCUT2D eigenvalue weighted by atomic mass is 32.2. The average molecular weight is 477 g/mol. The minimum atomic E-state index is -0.657. The molecule has 1 aromatic heterocycles. The molecule has 0 spiro atoms. The Morgan fingerprint density at radius 1 is 1.21 bits per heavy atom. The van der Waals surface area contributed by atoms with Crippen molar-refractivity contribution in [3.63, 3.8) is 0 Å². The quantitative estimate of drug-likeness (QED) is 0.516. The van der Waals surface area contributed by atoms with Gasteiger partial charge in [0.1, 0.15) is 23.9 Å². The van der Waals surface area contributed by atoms with E-state index in [0.717, 1.165) is 30.6 Å². The van der Waals surface area contributed by atoms with E-state index in [-0.39, 0.29) is 23.3 Å². The van der Waals surface area contributed by atoms with Gasteiger partial charge in [0.2, 0.25) is 0 Å². The van der Waals surface area contributed by atoms with Crippen LogP contribution in [0.15, 0.2) is 71.9 Å². The third-order valence-electron chi connectivity index (χ3n) is 6.44. The third kappa shape index (κ3) is 4.50. The number of anilines is 1. The number of nitrogens with one attached hydrogen (secondary N) is 1. The standard InChI is InChI=1S/C26H25FN4O2S/c27-22-10-8-19(13-21(22)26-12-4-7-18(26)16-34-25(28)31-26)30-24(32)23-11-9-20(14-29-23)33-15-17-5-2-1-3-6-17/h1-3,5-6,8-11,13-14,18H,4,7,12,15-16H2,(H2,28,31)(H,30,32). The number of nitrogens with two attached hydrogens (primary N) is 1. The molecule has 1 aliphatic carbocycles. The van der Waals surface area contributed by atoms with Crippen LogP contribution >= 0.6 is 11.8 Å². The van der Waals surface area contributed by atoms with Gasteiger partial charge in [0, 0.05) is 17.0 Å². The lowest BCUT2D eigenvalue weighted by atomic mass is 9.81. The first kappa shape index (κ1) is 22.4. The van der Waals surface area contributed by atoms with E-state index in [1.165, 1.54) is 24.0 Å². The number of fused-ring (bicyclic) bond motifs is 1. The number of hydrogen-bond donors (Lipinski definition) is 2. The molecule has 2 heterocycles. The molecular weight excluding hydrogens is 451 g/mol. The van der Waals surface area contributed by atoms with Crippen LogP contribution in [0.1, 0.15) is 40.9 Å². The maximum absolute atomic E-state index is 15.0. The third-order valence-corrected chi connectivity index (χ3v) is 7.39. The largest absolute Gasteiger partial charge is 0.487 e. The summed E-state index contributed by atoms with van der Waals surface area (Å²) in [5.74, 6) is 0.923. The molecule has 2 unspecified atom stereocenters. The summed E-state index contributed by atoms with van der Waals surface area (Å²) >= 11 is 1.53. The van der Waals surface area contributed by atoms with Crippen molar-refractivity contribution in [1.29, 1.82) is 0 Å². The van der Waals surface area contributed by atoms with Gasteiger partial charge in [0.15, 0.2) is 5.17 Å². The van der Waals surface area contributed by atoms with Gasteiger partial charge in [-0.3, -0.25) is 9.79 Å². The highest BCUT2D eigenvalue weighted by molar-refractivity contribution is 8.13. The zero-order valence-electron chi connectivity index (χ0n) is 18.5. The maximum atomic E-state index is 15.0. The van der Waals surface area contributed by atoms with Crippen molar-refractivity contribution in [1.82, 2.24) is 4.98 Å². The summed E-state index contributed by atoms with van der Waals surface area (Å²) in [5, 5.41) is 3.33. The molecular formula is C26H25FN4O2S. The van der Waals surface area contributed by atoms with Crippen molar-refractivity contribution in [3.8, 4) is 5.75 Å². The van der Waals surface area contributed by atoms with E-state index in [1.807, 2.05) is 30.3 Å². The van der Waals surface area contributed by atoms with Crippen LogP contribution in [0.4, 0.5) is 10.1 Å². The lowest BCUT2D eigenvalue weighted by molar-refractivity contribution is 0.102. The molecule has 174 valence electrons. The Labute approximate surface area is 201 Å². The summed E-state index contributed by atoms with van der Waals surface area (Å²) < 4.78 is 20.7. The van der Waals surface area contributed by atoms with E-state index in [1.54, 1.807) is 24.3 Å². The summed E-state index contributed by atoms with van der Waals surface area (Å²) in [6, 6.07) is 17.8. The fourth-order valence-electron chi connectivity index (χ4n) is 4.73. The number of carbonyl (C=O) groups is 1. The van der Waals surface area contributed by atoms with E-state index < -0.39 is 5.54 Å². The number of benzene rings is 2. The predicted octanol–water partition coefficient (Wildman–Crippen LogP) is 5.11. The highest BCUT2D eigenvalue weighted by Crippen LogP contribution is 2.51. The van der Waals surface area contributed by atoms with Crippen LogP contribution in [0.25, 0.3) is 0 Å². The second kappa shape index (κ2) is 9.46. The topological polar surface area (TPSA) is 89.6 Å². The Hall–Kier alpha value is -3.39. The minimum Gasteiger partial charge on any atom is -0.487 e. The van der Waals surface area contributed by atoms with Gasteiger partial charge >= 0.3 is 0 Å². The van der Waals surface area contributed by atoms with Crippen molar-refractivity contribution < 1.29 is 13.9 Å². The van der Waals surface area contributed by atoms with E-state index >= 15 is 0 Å². The summed E-state index contributed by atoms with van der Waals surface area (Å²) in [4.78, 5) is 21.7. The summed E-state index contributed by atoms with van der Waals surface area (Å²) in [6.45, 7) is 0.417. The molecule has 6 nitrogen and oxygen atoms in total. The molecule has 0 saturated heterocycles. The maximum Gasteiger partial charge on any atom is 0.274 e. The summed E-state index contributed by atoms with van der Waals surface area (Å²) in [6.07, 6.45) is 4.23. The molecule has 0 radical (unpaired) electrons. The number of amidine groups is 1. The van der Waals surface area contributed by atoms with Gasteiger partial charge in [-0.15, -0.1) is 0 Å². The van der Waals surface area contributed by atoms with Gasteiger partial charge in [0.25, 0.3) is 5.91 Å². The molecule has 2 atom stereocenters. The average Bonchev–Trinajstić information content (AvgIpc) is 3.29. The fourth-order valence-corrected chi connectivity index (χ4v) is 5.77. The van der Waals surface area contributed by atoms with Gasteiger partial charge in [-0.2, -0.15) is 0 Å². The van der Waals surface area contributed by atoms with Crippen LogP contribution < -0.4 is 15.8 Å². The van der Waals surface area contributed by atoms with Gasteiger partial charge in [-0.1, -0.05) is 48.5 Å². The Bertz CT molecular complexity index is 1220. The van der Waals surface area contributed by atoms with Crippen LogP contribution in [0.5, 0.6) is 5.75 Å². The number of thioether (sulfide) groups is 1. The summed E-state index contributed by atoms with van der Waals surface area (Å²) in [7, 11) is 0. The van der Waals surface area contributed by atoms with Crippen LogP contribution in [0, 0.1) is 11.7 Å². The molecule has 5 rings (SSSR count). The molecule has 1 saturated carbocycles. The number of hydrogen-bond acceptors (Lipinski definition) is 6. The first-order chi connectivity index (χ1) is 16.5. The second-order valence-corrected chi connectivity index (χ2v) is 9.62. The Morgan fingerprint density at radius 2 is 2.06 bits per heavy atom. The van der Waals surface area contributed by atoms with E-state index in [2.05, 4.69) is 10.3 Å². The number of aromatic nitrogens is 1. The lowest BCUT2D eigenvalue weighted by Gasteiger charge is -2.36. The molecule has 1 aliphatic heterocycles. The molecule has 34 heavy (non-hydrogen) atoms. The second-order valence-electron chi connectivity index (χ2n) is 8.58. The number of aliphatic imine (C=N–C) groups is 1. The Kier molecular flexibility index (Phi) is 6.24. The molecule has 3 aromatic rings. The van der Waals surface area contributed by atoms with Crippen molar-refractivity contribution in [3.05, 3.63) is 89.5 Å².